The average Bonchev–Trinajstić information content (AvgIpc) is 2.28. The Balaban J connectivity index is 2.35. The van der Waals surface area contributed by atoms with Gasteiger partial charge < -0.3 is 5.32 Å². The molecule has 1 amide bonds. The molecule has 0 radical (unpaired) electrons. The lowest BCUT2D eigenvalue weighted by Gasteiger charge is -2.04. The van der Waals surface area contributed by atoms with Crippen LogP contribution in [-0.4, -0.2) is 16.6 Å². The van der Waals surface area contributed by atoms with E-state index in [-0.39, 0.29) is 11.8 Å². The molecule has 0 fully saturated rings. The van der Waals surface area contributed by atoms with E-state index in [1.54, 1.807) is 24.2 Å². The number of amides is 1. The summed E-state index contributed by atoms with van der Waals surface area (Å²) in [6.45, 7) is 1.93. The van der Waals surface area contributed by atoms with Crippen molar-refractivity contribution in [3.8, 4) is 0 Å². The third-order valence-corrected chi connectivity index (χ3v) is 3.31. The van der Waals surface area contributed by atoms with Gasteiger partial charge in [0.05, 0.1) is 11.9 Å². The molecule has 0 spiro atoms. The number of fused-ring (bicyclic) bond motifs is 1. The number of thioether (sulfide) groups is 1. The topological polar surface area (TPSA) is 42.0 Å². The third kappa shape index (κ3) is 1.67. The second-order valence-corrected chi connectivity index (χ2v) is 4.13. The molecule has 68 valence electrons. The number of nitrogens with one attached hydrogen (secondary N) is 1. The minimum atomic E-state index is 0.0670. The maximum absolute atomic E-state index is 11.4. The van der Waals surface area contributed by atoms with Crippen LogP contribution < -0.4 is 5.32 Å². The molecule has 0 bridgehead atoms. The Morgan fingerprint density at radius 3 is 3.38 bits per heavy atom. The van der Waals surface area contributed by atoms with Crippen LogP contribution in [0.25, 0.3) is 0 Å². The number of aromatic nitrogens is 1. The summed E-state index contributed by atoms with van der Waals surface area (Å²) < 4.78 is 0. The van der Waals surface area contributed by atoms with Crippen LogP contribution in [0, 0.1) is 5.92 Å². The SMILES string of the molecule is CC1CSc2ccncc2NC1=O. The largest absolute Gasteiger partial charge is 0.324 e. The monoisotopic (exact) mass is 194 g/mol. The van der Waals surface area contributed by atoms with Gasteiger partial charge in [-0.3, -0.25) is 9.78 Å². The molecule has 1 N–H and O–H groups in total. The second-order valence-electron chi connectivity index (χ2n) is 3.07. The average molecular weight is 194 g/mol. The summed E-state index contributed by atoms with van der Waals surface area (Å²) in [5, 5.41) is 2.85. The smallest absolute Gasteiger partial charge is 0.228 e. The van der Waals surface area contributed by atoms with Crippen molar-refractivity contribution in [3.05, 3.63) is 18.5 Å². The number of carbonyl (C=O) groups is 1. The molecular weight excluding hydrogens is 184 g/mol. The first-order valence-electron chi connectivity index (χ1n) is 4.15. The van der Waals surface area contributed by atoms with E-state index in [1.165, 1.54) is 0 Å². The molecule has 2 heterocycles. The Kier molecular flexibility index (Phi) is 2.22. The fourth-order valence-electron chi connectivity index (χ4n) is 1.15. The zero-order valence-corrected chi connectivity index (χ0v) is 8.10. The van der Waals surface area contributed by atoms with Crippen LogP contribution in [0.4, 0.5) is 5.69 Å². The van der Waals surface area contributed by atoms with E-state index in [2.05, 4.69) is 10.3 Å². The predicted molar refractivity (Wildman–Crippen MR) is 52.8 cm³/mol. The standard InChI is InChI=1S/C9H10N2OS/c1-6-5-13-8-2-3-10-4-7(8)11-9(6)12/h2-4,6H,5H2,1H3,(H,11,12). The van der Waals surface area contributed by atoms with E-state index in [1.807, 2.05) is 13.0 Å². The zero-order valence-electron chi connectivity index (χ0n) is 7.28. The Morgan fingerprint density at radius 2 is 2.54 bits per heavy atom. The molecular formula is C9H10N2OS. The van der Waals surface area contributed by atoms with Gasteiger partial charge in [-0.05, 0) is 6.07 Å². The van der Waals surface area contributed by atoms with E-state index in [0.717, 1.165) is 16.3 Å². The molecule has 1 aromatic rings. The Morgan fingerprint density at radius 1 is 1.69 bits per heavy atom. The summed E-state index contributed by atoms with van der Waals surface area (Å²) in [7, 11) is 0. The predicted octanol–water partition coefficient (Wildman–Crippen LogP) is 1.76. The van der Waals surface area contributed by atoms with Crippen LogP contribution in [0.5, 0.6) is 0 Å². The van der Waals surface area contributed by atoms with Crippen molar-refractivity contribution in [2.45, 2.75) is 11.8 Å². The van der Waals surface area contributed by atoms with Crippen molar-refractivity contribution >= 4 is 23.4 Å². The van der Waals surface area contributed by atoms with E-state index in [9.17, 15) is 4.79 Å². The number of rotatable bonds is 0. The van der Waals surface area contributed by atoms with Gasteiger partial charge in [0.25, 0.3) is 0 Å². The van der Waals surface area contributed by atoms with Crippen LogP contribution in [0.15, 0.2) is 23.4 Å². The van der Waals surface area contributed by atoms with Gasteiger partial charge in [0, 0.05) is 22.8 Å². The van der Waals surface area contributed by atoms with Crippen molar-refractivity contribution in [2.75, 3.05) is 11.1 Å². The maximum Gasteiger partial charge on any atom is 0.228 e. The van der Waals surface area contributed by atoms with Gasteiger partial charge in [-0.15, -0.1) is 11.8 Å². The van der Waals surface area contributed by atoms with Gasteiger partial charge >= 0.3 is 0 Å². The molecule has 1 atom stereocenters. The number of hydrogen-bond donors (Lipinski definition) is 1. The summed E-state index contributed by atoms with van der Waals surface area (Å²) in [4.78, 5) is 16.5. The molecule has 3 nitrogen and oxygen atoms in total. The third-order valence-electron chi connectivity index (χ3n) is 1.98. The minimum Gasteiger partial charge on any atom is -0.324 e. The molecule has 2 rings (SSSR count). The number of nitrogens with zero attached hydrogens (tertiary/aromatic N) is 1. The van der Waals surface area contributed by atoms with E-state index < -0.39 is 0 Å². The molecule has 1 aliphatic heterocycles. The van der Waals surface area contributed by atoms with Crippen molar-refractivity contribution < 1.29 is 4.79 Å². The highest BCUT2D eigenvalue weighted by atomic mass is 32.2. The van der Waals surface area contributed by atoms with Crippen LogP contribution in [-0.2, 0) is 4.79 Å². The summed E-state index contributed by atoms with van der Waals surface area (Å²) >= 11 is 1.70. The molecule has 1 aromatic heterocycles. The van der Waals surface area contributed by atoms with Gasteiger partial charge in [-0.1, -0.05) is 6.92 Å². The first kappa shape index (κ1) is 8.56. The Hall–Kier alpha value is -1.03. The number of hydrogen-bond acceptors (Lipinski definition) is 3. The van der Waals surface area contributed by atoms with Gasteiger partial charge in [0.1, 0.15) is 0 Å². The van der Waals surface area contributed by atoms with Crippen molar-refractivity contribution in [3.63, 3.8) is 0 Å². The highest BCUT2D eigenvalue weighted by Gasteiger charge is 2.19. The summed E-state index contributed by atoms with van der Waals surface area (Å²) in [6.07, 6.45) is 3.44. The fourth-order valence-corrected chi connectivity index (χ4v) is 2.15. The first-order valence-corrected chi connectivity index (χ1v) is 5.13. The molecule has 0 aromatic carbocycles. The molecule has 0 saturated carbocycles. The first-order chi connectivity index (χ1) is 6.27. The highest BCUT2D eigenvalue weighted by Crippen LogP contribution is 2.31. The lowest BCUT2D eigenvalue weighted by molar-refractivity contribution is -0.118. The zero-order chi connectivity index (χ0) is 9.26. The van der Waals surface area contributed by atoms with Crippen LogP contribution >= 0.6 is 11.8 Å². The van der Waals surface area contributed by atoms with Gasteiger partial charge in [0.15, 0.2) is 0 Å². The summed E-state index contributed by atoms with van der Waals surface area (Å²) in [5.74, 6) is 0.986. The number of anilines is 1. The number of carbonyl (C=O) groups excluding carboxylic acids is 1. The quantitative estimate of drug-likeness (QED) is 0.684. The van der Waals surface area contributed by atoms with Gasteiger partial charge in [-0.2, -0.15) is 0 Å². The molecule has 1 aliphatic rings. The van der Waals surface area contributed by atoms with Crippen molar-refractivity contribution in [2.24, 2.45) is 5.92 Å². The molecule has 13 heavy (non-hydrogen) atoms. The number of pyridine rings is 1. The van der Waals surface area contributed by atoms with E-state index in [4.69, 9.17) is 0 Å². The van der Waals surface area contributed by atoms with Crippen molar-refractivity contribution in [1.29, 1.82) is 0 Å². The molecule has 0 saturated heterocycles. The lowest BCUT2D eigenvalue weighted by Crippen LogP contribution is -2.20. The Labute approximate surface area is 80.9 Å². The summed E-state index contributed by atoms with van der Waals surface area (Å²) in [5.41, 5.74) is 0.835. The minimum absolute atomic E-state index is 0.0670. The van der Waals surface area contributed by atoms with Gasteiger partial charge in [0.2, 0.25) is 5.91 Å². The van der Waals surface area contributed by atoms with Crippen LogP contribution in [0.2, 0.25) is 0 Å². The summed E-state index contributed by atoms with van der Waals surface area (Å²) in [6, 6.07) is 1.93. The maximum atomic E-state index is 11.4. The lowest BCUT2D eigenvalue weighted by atomic mass is 10.2. The van der Waals surface area contributed by atoms with Crippen LogP contribution in [0.3, 0.4) is 0 Å². The van der Waals surface area contributed by atoms with Crippen LogP contribution in [0.1, 0.15) is 6.92 Å². The molecule has 0 aliphatic carbocycles. The van der Waals surface area contributed by atoms with Crippen molar-refractivity contribution in [1.82, 2.24) is 4.98 Å². The van der Waals surface area contributed by atoms with E-state index >= 15 is 0 Å². The Bertz CT molecular complexity index is 340. The van der Waals surface area contributed by atoms with Gasteiger partial charge in [-0.25, -0.2) is 0 Å². The fraction of sp³-hybridized carbons (Fsp3) is 0.333. The molecule has 4 heteroatoms. The second kappa shape index (κ2) is 3.38. The molecule has 1 unspecified atom stereocenters. The normalized spacial score (nSPS) is 21.6. The highest BCUT2D eigenvalue weighted by molar-refractivity contribution is 7.99. The van der Waals surface area contributed by atoms with E-state index in [0.29, 0.717) is 0 Å².